The first-order chi connectivity index (χ1) is 9.68. The molecule has 0 aliphatic heterocycles. The molecule has 0 aromatic heterocycles. The first-order valence-electron chi connectivity index (χ1n) is 6.35. The Morgan fingerprint density at radius 2 is 1.45 bits per heavy atom. The molecule has 0 aliphatic rings. The van der Waals surface area contributed by atoms with E-state index in [2.05, 4.69) is 15.9 Å². The van der Waals surface area contributed by atoms with Gasteiger partial charge in [-0.2, -0.15) is 0 Å². The second kappa shape index (κ2) is 5.35. The zero-order valence-electron chi connectivity index (χ0n) is 10.7. The van der Waals surface area contributed by atoms with E-state index in [0.29, 0.717) is 5.39 Å². The molecule has 3 heteroatoms. The molecule has 0 aliphatic carbocycles. The zero-order chi connectivity index (χ0) is 14.1. The second-order valence-electron chi connectivity index (χ2n) is 4.68. The molecule has 1 nitrogen and oxygen atoms in total. The van der Waals surface area contributed by atoms with Crippen molar-refractivity contribution in [2.45, 2.75) is 6.04 Å². The van der Waals surface area contributed by atoms with Gasteiger partial charge in [-0.3, -0.25) is 0 Å². The summed E-state index contributed by atoms with van der Waals surface area (Å²) in [5.74, 6) is -0.219. The van der Waals surface area contributed by atoms with Gasteiger partial charge in [0.05, 0.1) is 6.04 Å². The Balaban J connectivity index is 2.20. The molecule has 3 aromatic rings. The number of hydrogen-bond donors (Lipinski definition) is 1. The fourth-order valence-corrected chi connectivity index (χ4v) is 2.98. The zero-order valence-corrected chi connectivity index (χ0v) is 12.3. The van der Waals surface area contributed by atoms with Crippen molar-refractivity contribution in [3.63, 3.8) is 0 Å². The third-order valence-corrected chi connectivity index (χ3v) is 4.20. The maximum absolute atomic E-state index is 13.9. The van der Waals surface area contributed by atoms with Gasteiger partial charge in [0.2, 0.25) is 0 Å². The molecule has 3 rings (SSSR count). The lowest BCUT2D eigenvalue weighted by atomic mass is 9.94. The van der Waals surface area contributed by atoms with E-state index in [-0.39, 0.29) is 11.9 Å². The van der Waals surface area contributed by atoms with Crippen molar-refractivity contribution in [2.24, 2.45) is 5.73 Å². The number of hydrogen-bond acceptors (Lipinski definition) is 1. The van der Waals surface area contributed by atoms with Crippen LogP contribution in [0.1, 0.15) is 17.2 Å². The van der Waals surface area contributed by atoms with Gasteiger partial charge in [0.1, 0.15) is 5.82 Å². The van der Waals surface area contributed by atoms with E-state index in [1.807, 2.05) is 42.5 Å². The van der Waals surface area contributed by atoms with Crippen LogP contribution in [0.4, 0.5) is 4.39 Å². The minimum absolute atomic E-state index is 0.219. The topological polar surface area (TPSA) is 26.0 Å². The van der Waals surface area contributed by atoms with Crippen LogP contribution in [0.2, 0.25) is 0 Å². The van der Waals surface area contributed by atoms with Crippen molar-refractivity contribution >= 4 is 26.7 Å². The highest BCUT2D eigenvalue weighted by atomic mass is 79.9. The van der Waals surface area contributed by atoms with E-state index in [0.717, 1.165) is 21.0 Å². The molecule has 0 radical (unpaired) electrons. The van der Waals surface area contributed by atoms with Gasteiger partial charge in [-0.25, -0.2) is 4.39 Å². The maximum atomic E-state index is 13.9. The Labute approximate surface area is 125 Å². The Hall–Kier alpha value is -1.71. The van der Waals surface area contributed by atoms with Crippen molar-refractivity contribution < 1.29 is 4.39 Å². The van der Waals surface area contributed by atoms with Crippen molar-refractivity contribution in [2.75, 3.05) is 0 Å². The van der Waals surface area contributed by atoms with Crippen LogP contribution in [0, 0.1) is 5.82 Å². The highest BCUT2D eigenvalue weighted by molar-refractivity contribution is 9.10. The number of fused-ring (bicyclic) bond motifs is 1. The van der Waals surface area contributed by atoms with E-state index in [1.54, 1.807) is 12.1 Å². The summed E-state index contributed by atoms with van der Waals surface area (Å²) < 4.78 is 14.8. The molecule has 0 fully saturated rings. The molecule has 1 unspecified atom stereocenters. The molecular formula is C17H13BrFN. The quantitative estimate of drug-likeness (QED) is 0.718. The molecule has 3 aromatic carbocycles. The van der Waals surface area contributed by atoms with E-state index in [1.165, 1.54) is 6.07 Å². The predicted octanol–water partition coefficient (Wildman–Crippen LogP) is 4.79. The smallest absolute Gasteiger partial charge is 0.131 e. The summed E-state index contributed by atoms with van der Waals surface area (Å²) >= 11 is 3.52. The molecule has 0 saturated carbocycles. The SMILES string of the molecule is NC(c1ccccc1Br)c1ccc(F)c2ccccc12. The molecule has 2 N–H and O–H groups in total. The Morgan fingerprint density at radius 3 is 2.20 bits per heavy atom. The standard InChI is InChI=1S/C17H13BrFN/c18-15-8-4-3-7-14(15)17(20)13-9-10-16(19)12-6-2-1-5-11(12)13/h1-10,17H,20H2. The van der Waals surface area contributed by atoms with Gasteiger partial charge < -0.3 is 5.73 Å². The number of rotatable bonds is 2. The number of nitrogens with two attached hydrogens (primary N) is 1. The van der Waals surface area contributed by atoms with Crippen LogP contribution >= 0.6 is 15.9 Å². The Morgan fingerprint density at radius 1 is 0.800 bits per heavy atom. The molecule has 0 saturated heterocycles. The molecule has 0 spiro atoms. The monoisotopic (exact) mass is 329 g/mol. The van der Waals surface area contributed by atoms with Gasteiger partial charge in [-0.1, -0.05) is 64.5 Å². The average Bonchev–Trinajstić information content (AvgIpc) is 2.48. The summed E-state index contributed by atoms with van der Waals surface area (Å²) in [5.41, 5.74) is 8.30. The summed E-state index contributed by atoms with van der Waals surface area (Å²) in [4.78, 5) is 0. The van der Waals surface area contributed by atoms with Crippen LogP contribution in [-0.4, -0.2) is 0 Å². The highest BCUT2D eigenvalue weighted by Gasteiger charge is 2.15. The van der Waals surface area contributed by atoms with Crippen LogP contribution in [0.25, 0.3) is 10.8 Å². The van der Waals surface area contributed by atoms with Crippen LogP contribution in [0.5, 0.6) is 0 Å². The fourth-order valence-electron chi connectivity index (χ4n) is 2.45. The lowest BCUT2D eigenvalue weighted by Crippen LogP contribution is -2.13. The third kappa shape index (κ3) is 2.23. The molecule has 0 heterocycles. The summed E-state index contributed by atoms with van der Waals surface area (Å²) in [7, 11) is 0. The van der Waals surface area contributed by atoms with E-state index >= 15 is 0 Å². The van der Waals surface area contributed by atoms with Crippen molar-refractivity contribution in [3.8, 4) is 0 Å². The number of benzene rings is 3. The van der Waals surface area contributed by atoms with Gasteiger partial charge in [-0.05, 0) is 28.6 Å². The predicted molar refractivity (Wildman–Crippen MR) is 84.1 cm³/mol. The van der Waals surface area contributed by atoms with E-state index in [9.17, 15) is 4.39 Å². The van der Waals surface area contributed by atoms with Crippen LogP contribution in [0.15, 0.2) is 65.1 Å². The molecular weight excluding hydrogens is 317 g/mol. The Kier molecular flexibility index (Phi) is 3.55. The minimum atomic E-state index is -0.295. The number of halogens is 2. The second-order valence-corrected chi connectivity index (χ2v) is 5.54. The van der Waals surface area contributed by atoms with Crippen molar-refractivity contribution in [3.05, 3.63) is 82.1 Å². The van der Waals surface area contributed by atoms with Gasteiger partial charge in [0.15, 0.2) is 0 Å². The maximum Gasteiger partial charge on any atom is 0.131 e. The molecule has 0 bridgehead atoms. The van der Waals surface area contributed by atoms with Crippen molar-refractivity contribution in [1.29, 1.82) is 0 Å². The van der Waals surface area contributed by atoms with Crippen molar-refractivity contribution in [1.82, 2.24) is 0 Å². The summed E-state index contributed by atoms with van der Waals surface area (Å²) in [6.45, 7) is 0. The lowest BCUT2D eigenvalue weighted by Gasteiger charge is -2.17. The van der Waals surface area contributed by atoms with Gasteiger partial charge >= 0.3 is 0 Å². The summed E-state index contributed by atoms with van der Waals surface area (Å²) in [6, 6.07) is 18.2. The average molecular weight is 330 g/mol. The normalized spacial score (nSPS) is 12.6. The lowest BCUT2D eigenvalue weighted by molar-refractivity contribution is 0.639. The highest BCUT2D eigenvalue weighted by Crippen LogP contribution is 2.31. The minimum Gasteiger partial charge on any atom is -0.320 e. The van der Waals surface area contributed by atoms with Crippen LogP contribution < -0.4 is 5.73 Å². The molecule has 100 valence electrons. The van der Waals surface area contributed by atoms with Gasteiger partial charge in [0.25, 0.3) is 0 Å². The van der Waals surface area contributed by atoms with Gasteiger partial charge in [-0.15, -0.1) is 0 Å². The first-order valence-corrected chi connectivity index (χ1v) is 7.15. The van der Waals surface area contributed by atoms with Gasteiger partial charge in [0, 0.05) is 9.86 Å². The fraction of sp³-hybridized carbons (Fsp3) is 0.0588. The molecule has 20 heavy (non-hydrogen) atoms. The largest absolute Gasteiger partial charge is 0.320 e. The van der Waals surface area contributed by atoms with Crippen LogP contribution in [0.3, 0.4) is 0 Å². The van der Waals surface area contributed by atoms with Crippen LogP contribution in [-0.2, 0) is 0 Å². The summed E-state index contributed by atoms with van der Waals surface area (Å²) in [5, 5.41) is 1.46. The first kappa shape index (κ1) is 13.3. The molecule has 1 atom stereocenters. The van der Waals surface area contributed by atoms with E-state index in [4.69, 9.17) is 5.73 Å². The summed E-state index contributed by atoms with van der Waals surface area (Å²) in [6.07, 6.45) is 0. The Bertz CT molecular complexity index is 770. The van der Waals surface area contributed by atoms with E-state index < -0.39 is 0 Å². The molecule has 0 amide bonds. The third-order valence-electron chi connectivity index (χ3n) is 3.48.